The van der Waals surface area contributed by atoms with Crippen LogP contribution in [-0.4, -0.2) is 68.7 Å². The fourth-order valence-electron chi connectivity index (χ4n) is 4.20. The lowest BCUT2D eigenvalue weighted by Crippen LogP contribution is -2.48. The minimum absolute atomic E-state index is 0.0433. The largest absolute Gasteiger partial charge is 0.497 e. The SMILES string of the molecule is COCCCN(CC(=O)N1CCc2sccc2[C@H]1COc1cccc(OC)c1)C(=O)c1ccco1. The standard InChI is InChI=1S/C26H30N2O6S/c1-31-13-5-11-27(26(30)23-8-4-14-33-23)17-25(29)28-12-9-24-21(10-15-35-24)22(28)18-34-20-7-3-6-19(16-20)32-2/h3-4,6-8,10,14-16,22H,5,9,11-13,17-18H2,1-2H3/t22-/m1/s1. The summed E-state index contributed by atoms with van der Waals surface area (Å²) in [6.45, 7) is 1.72. The van der Waals surface area contributed by atoms with E-state index in [4.69, 9.17) is 18.6 Å². The third-order valence-electron chi connectivity index (χ3n) is 5.99. The van der Waals surface area contributed by atoms with E-state index in [-0.39, 0.29) is 30.2 Å². The Morgan fingerprint density at radius 3 is 2.80 bits per heavy atom. The second-order valence-electron chi connectivity index (χ2n) is 8.19. The number of carbonyl (C=O) groups is 2. The van der Waals surface area contributed by atoms with Crippen LogP contribution in [0.5, 0.6) is 11.5 Å². The van der Waals surface area contributed by atoms with E-state index in [0.717, 1.165) is 12.0 Å². The summed E-state index contributed by atoms with van der Waals surface area (Å²) in [5.74, 6) is 1.16. The smallest absolute Gasteiger partial charge is 0.290 e. The first-order chi connectivity index (χ1) is 17.1. The van der Waals surface area contributed by atoms with Crippen LogP contribution in [0.1, 0.15) is 33.5 Å². The number of rotatable bonds is 11. The first kappa shape index (κ1) is 24.8. The molecular weight excluding hydrogens is 468 g/mol. The highest BCUT2D eigenvalue weighted by Crippen LogP contribution is 2.34. The van der Waals surface area contributed by atoms with Crippen molar-refractivity contribution in [2.75, 3.05) is 47.1 Å². The van der Waals surface area contributed by atoms with E-state index < -0.39 is 0 Å². The highest BCUT2D eigenvalue weighted by molar-refractivity contribution is 7.10. The highest BCUT2D eigenvalue weighted by atomic mass is 32.1. The summed E-state index contributed by atoms with van der Waals surface area (Å²) in [6, 6.07) is 12.5. The Labute approximate surface area is 209 Å². The molecule has 4 rings (SSSR count). The molecule has 0 unspecified atom stereocenters. The van der Waals surface area contributed by atoms with Gasteiger partial charge in [0.05, 0.1) is 19.4 Å². The van der Waals surface area contributed by atoms with Gasteiger partial charge in [0, 0.05) is 37.7 Å². The molecule has 35 heavy (non-hydrogen) atoms. The monoisotopic (exact) mass is 498 g/mol. The normalized spacial score (nSPS) is 14.9. The molecular formula is C26H30N2O6S. The van der Waals surface area contributed by atoms with Crippen LogP contribution in [0, 0.1) is 0 Å². The van der Waals surface area contributed by atoms with E-state index in [1.165, 1.54) is 16.0 Å². The second kappa shape index (κ2) is 11.9. The predicted octanol–water partition coefficient (Wildman–Crippen LogP) is 4.03. The first-order valence-electron chi connectivity index (χ1n) is 11.5. The lowest BCUT2D eigenvalue weighted by molar-refractivity contribution is -0.135. The van der Waals surface area contributed by atoms with Crippen molar-refractivity contribution < 1.29 is 28.2 Å². The number of thiophene rings is 1. The zero-order valence-corrected chi connectivity index (χ0v) is 20.8. The molecule has 3 heterocycles. The predicted molar refractivity (Wildman–Crippen MR) is 132 cm³/mol. The molecule has 0 radical (unpaired) electrons. The van der Waals surface area contributed by atoms with E-state index in [1.54, 1.807) is 37.7 Å². The van der Waals surface area contributed by atoms with Gasteiger partial charge in [-0.15, -0.1) is 11.3 Å². The minimum atomic E-state index is -0.308. The number of nitrogens with zero attached hydrogens (tertiary/aromatic N) is 2. The zero-order chi connectivity index (χ0) is 24.6. The van der Waals surface area contributed by atoms with Gasteiger partial charge >= 0.3 is 0 Å². The zero-order valence-electron chi connectivity index (χ0n) is 20.0. The maximum atomic E-state index is 13.6. The topological polar surface area (TPSA) is 81.5 Å². The number of ether oxygens (including phenoxy) is 3. The van der Waals surface area contributed by atoms with Gasteiger partial charge in [-0.1, -0.05) is 6.07 Å². The maximum absolute atomic E-state index is 13.6. The number of carbonyl (C=O) groups excluding carboxylic acids is 2. The van der Waals surface area contributed by atoms with E-state index in [0.29, 0.717) is 44.2 Å². The molecule has 1 aromatic carbocycles. The summed E-state index contributed by atoms with van der Waals surface area (Å²) in [7, 11) is 3.23. The summed E-state index contributed by atoms with van der Waals surface area (Å²) >= 11 is 1.70. The van der Waals surface area contributed by atoms with E-state index in [2.05, 4.69) is 11.4 Å². The fraction of sp³-hybridized carbons (Fsp3) is 0.385. The third kappa shape index (κ3) is 6.04. The van der Waals surface area contributed by atoms with Crippen LogP contribution >= 0.6 is 11.3 Å². The summed E-state index contributed by atoms with van der Waals surface area (Å²) < 4.78 is 21.8. The number of hydrogen-bond donors (Lipinski definition) is 0. The van der Waals surface area contributed by atoms with Crippen molar-refractivity contribution in [3.8, 4) is 11.5 Å². The molecule has 2 amide bonds. The van der Waals surface area contributed by atoms with Crippen LogP contribution in [0.15, 0.2) is 58.5 Å². The Balaban J connectivity index is 1.50. The molecule has 9 heteroatoms. The Kier molecular flexibility index (Phi) is 8.44. The average Bonchev–Trinajstić information content (AvgIpc) is 3.59. The lowest BCUT2D eigenvalue weighted by atomic mass is 10.0. The molecule has 0 saturated carbocycles. The van der Waals surface area contributed by atoms with Gasteiger partial charge in [-0.25, -0.2) is 0 Å². The molecule has 186 valence electrons. The van der Waals surface area contributed by atoms with Crippen LogP contribution in [0.2, 0.25) is 0 Å². The number of methoxy groups -OCH3 is 2. The molecule has 2 aromatic heterocycles. The van der Waals surface area contributed by atoms with Gasteiger partial charge in [-0.3, -0.25) is 9.59 Å². The van der Waals surface area contributed by atoms with Crippen LogP contribution in [0.25, 0.3) is 0 Å². The minimum Gasteiger partial charge on any atom is -0.497 e. The summed E-state index contributed by atoms with van der Waals surface area (Å²) in [4.78, 5) is 31.2. The molecule has 8 nitrogen and oxygen atoms in total. The van der Waals surface area contributed by atoms with Crippen molar-refractivity contribution in [3.63, 3.8) is 0 Å². The summed E-state index contributed by atoms with van der Waals surface area (Å²) in [5.41, 5.74) is 1.10. The molecule has 0 aliphatic carbocycles. The van der Waals surface area contributed by atoms with Gasteiger partial charge in [0.1, 0.15) is 24.7 Å². The van der Waals surface area contributed by atoms with Crippen molar-refractivity contribution in [2.45, 2.75) is 18.9 Å². The molecule has 0 N–H and O–H groups in total. The number of amides is 2. The van der Waals surface area contributed by atoms with Gasteiger partial charge in [0.25, 0.3) is 5.91 Å². The fourth-order valence-corrected chi connectivity index (χ4v) is 5.13. The number of hydrogen-bond acceptors (Lipinski definition) is 7. The molecule has 0 spiro atoms. The Hall–Kier alpha value is -3.30. The molecule has 3 aromatic rings. The molecule has 0 bridgehead atoms. The molecule has 1 atom stereocenters. The Morgan fingerprint density at radius 2 is 2.03 bits per heavy atom. The Morgan fingerprint density at radius 1 is 1.17 bits per heavy atom. The molecule has 1 aliphatic heterocycles. The summed E-state index contributed by atoms with van der Waals surface area (Å²) in [5, 5.41) is 2.05. The Bertz CT molecular complexity index is 1110. The van der Waals surface area contributed by atoms with Gasteiger partial charge in [0.2, 0.25) is 5.91 Å². The van der Waals surface area contributed by atoms with Gasteiger partial charge < -0.3 is 28.4 Å². The number of furan rings is 1. The van der Waals surface area contributed by atoms with Crippen LogP contribution in [0.3, 0.4) is 0 Å². The summed E-state index contributed by atoms with van der Waals surface area (Å²) in [6.07, 6.45) is 2.86. The average molecular weight is 499 g/mol. The van der Waals surface area contributed by atoms with Gasteiger partial charge in [-0.2, -0.15) is 0 Å². The van der Waals surface area contributed by atoms with Gasteiger partial charge in [0.15, 0.2) is 5.76 Å². The van der Waals surface area contributed by atoms with Crippen LogP contribution in [-0.2, 0) is 16.0 Å². The van der Waals surface area contributed by atoms with Crippen molar-refractivity contribution in [3.05, 3.63) is 70.3 Å². The maximum Gasteiger partial charge on any atom is 0.290 e. The molecule has 0 fully saturated rings. The van der Waals surface area contributed by atoms with E-state index >= 15 is 0 Å². The van der Waals surface area contributed by atoms with Crippen LogP contribution in [0.4, 0.5) is 0 Å². The van der Waals surface area contributed by atoms with Crippen molar-refractivity contribution in [2.24, 2.45) is 0 Å². The third-order valence-corrected chi connectivity index (χ3v) is 6.98. The lowest BCUT2D eigenvalue weighted by Gasteiger charge is -2.37. The van der Waals surface area contributed by atoms with Crippen molar-refractivity contribution in [1.82, 2.24) is 9.80 Å². The van der Waals surface area contributed by atoms with E-state index in [1.807, 2.05) is 29.2 Å². The van der Waals surface area contributed by atoms with Gasteiger partial charge in [-0.05, 0) is 54.1 Å². The van der Waals surface area contributed by atoms with E-state index in [9.17, 15) is 9.59 Å². The van der Waals surface area contributed by atoms with Crippen molar-refractivity contribution in [1.29, 1.82) is 0 Å². The molecule has 0 saturated heterocycles. The highest BCUT2D eigenvalue weighted by Gasteiger charge is 2.34. The number of fused-ring (bicyclic) bond motifs is 1. The van der Waals surface area contributed by atoms with Crippen LogP contribution < -0.4 is 9.47 Å². The quantitative estimate of drug-likeness (QED) is 0.371. The first-order valence-corrected chi connectivity index (χ1v) is 12.4. The second-order valence-corrected chi connectivity index (χ2v) is 9.19. The number of benzene rings is 1. The van der Waals surface area contributed by atoms with Crippen molar-refractivity contribution >= 4 is 23.2 Å². The molecule has 1 aliphatic rings.